The Balaban J connectivity index is 2.15. The van der Waals surface area contributed by atoms with Crippen molar-refractivity contribution in [3.8, 4) is 5.75 Å². The van der Waals surface area contributed by atoms with Crippen LogP contribution in [0.25, 0.3) is 0 Å². The summed E-state index contributed by atoms with van der Waals surface area (Å²) >= 11 is 1.38. The van der Waals surface area contributed by atoms with Gasteiger partial charge < -0.3 is 4.74 Å². The van der Waals surface area contributed by atoms with E-state index in [0.717, 1.165) is 4.88 Å². The van der Waals surface area contributed by atoms with Crippen LogP contribution >= 0.6 is 11.3 Å². The summed E-state index contributed by atoms with van der Waals surface area (Å²) in [5.41, 5.74) is 0.509. The topological polar surface area (TPSA) is 69.4 Å². The highest BCUT2D eigenvalue weighted by Gasteiger charge is 2.18. The summed E-state index contributed by atoms with van der Waals surface area (Å²) in [6.07, 6.45) is 0. The SMILES string of the molecule is Cc1ccc(C(=O)COc2c(C)cccc2[N+](=O)[O-])s1. The molecular weight excluding hydrogens is 278 g/mol. The highest BCUT2D eigenvalue weighted by Crippen LogP contribution is 2.30. The molecule has 0 fully saturated rings. The molecule has 1 aromatic carbocycles. The quantitative estimate of drug-likeness (QED) is 0.480. The van der Waals surface area contributed by atoms with Gasteiger partial charge in [-0.25, -0.2) is 0 Å². The van der Waals surface area contributed by atoms with Crippen LogP contribution in [-0.4, -0.2) is 17.3 Å². The molecule has 2 rings (SSSR count). The summed E-state index contributed by atoms with van der Waals surface area (Å²) in [6, 6.07) is 8.25. The predicted octanol–water partition coefficient (Wildman–Crippen LogP) is 3.53. The zero-order valence-electron chi connectivity index (χ0n) is 11.1. The number of rotatable bonds is 5. The van der Waals surface area contributed by atoms with Gasteiger partial charge in [0.15, 0.2) is 6.61 Å². The summed E-state index contributed by atoms with van der Waals surface area (Å²) in [5.74, 6) is -0.0280. The van der Waals surface area contributed by atoms with Gasteiger partial charge in [-0.3, -0.25) is 14.9 Å². The molecule has 0 spiro atoms. The van der Waals surface area contributed by atoms with Crippen molar-refractivity contribution >= 4 is 22.8 Å². The van der Waals surface area contributed by atoms with Gasteiger partial charge in [0.25, 0.3) is 0 Å². The number of carbonyl (C=O) groups excluding carboxylic acids is 1. The zero-order valence-corrected chi connectivity index (χ0v) is 11.9. The molecule has 0 amide bonds. The fourth-order valence-electron chi connectivity index (χ4n) is 1.76. The number of benzene rings is 1. The number of ketones is 1. The lowest BCUT2D eigenvalue weighted by Crippen LogP contribution is -2.11. The third kappa shape index (κ3) is 3.03. The molecule has 1 aromatic heterocycles. The molecule has 0 aliphatic rings. The predicted molar refractivity (Wildman–Crippen MR) is 76.7 cm³/mol. The van der Waals surface area contributed by atoms with Crippen LogP contribution in [0, 0.1) is 24.0 Å². The number of aryl methyl sites for hydroxylation is 2. The smallest absolute Gasteiger partial charge is 0.311 e. The number of carbonyl (C=O) groups is 1. The molecular formula is C14H13NO4S. The van der Waals surface area contributed by atoms with Gasteiger partial charge in [0.2, 0.25) is 11.5 Å². The number of nitrogens with zero attached hydrogens (tertiary/aromatic N) is 1. The first-order valence-corrected chi connectivity index (χ1v) is 6.77. The summed E-state index contributed by atoms with van der Waals surface area (Å²) < 4.78 is 5.37. The number of nitro benzene ring substituents is 1. The van der Waals surface area contributed by atoms with E-state index in [1.807, 2.05) is 13.0 Å². The minimum Gasteiger partial charge on any atom is -0.478 e. The van der Waals surface area contributed by atoms with E-state index in [1.165, 1.54) is 17.4 Å². The van der Waals surface area contributed by atoms with Crippen molar-refractivity contribution in [1.82, 2.24) is 0 Å². The third-order valence-corrected chi connectivity index (χ3v) is 3.79. The lowest BCUT2D eigenvalue weighted by atomic mass is 10.2. The molecule has 1 heterocycles. The zero-order chi connectivity index (χ0) is 14.7. The molecule has 0 radical (unpaired) electrons. The highest BCUT2D eigenvalue weighted by molar-refractivity contribution is 7.14. The third-order valence-electron chi connectivity index (χ3n) is 2.75. The van der Waals surface area contributed by atoms with E-state index in [1.54, 1.807) is 25.1 Å². The Morgan fingerprint density at radius 1 is 1.30 bits per heavy atom. The Morgan fingerprint density at radius 2 is 2.05 bits per heavy atom. The van der Waals surface area contributed by atoms with Gasteiger partial charge in [-0.15, -0.1) is 11.3 Å². The van der Waals surface area contributed by atoms with Crippen LogP contribution in [0.5, 0.6) is 5.75 Å². The van der Waals surface area contributed by atoms with Gasteiger partial charge in [-0.05, 0) is 31.5 Å². The number of hydrogen-bond donors (Lipinski definition) is 0. The van der Waals surface area contributed by atoms with Gasteiger partial charge in [-0.2, -0.15) is 0 Å². The number of ether oxygens (including phenoxy) is 1. The van der Waals surface area contributed by atoms with Gasteiger partial charge in [0, 0.05) is 10.9 Å². The van der Waals surface area contributed by atoms with Crippen molar-refractivity contribution in [1.29, 1.82) is 0 Å². The van der Waals surface area contributed by atoms with E-state index in [9.17, 15) is 14.9 Å². The number of thiophene rings is 1. The Morgan fingerprint density at radius 3 is 2.65 bits per heavy atom. The van der Waals surface area contributed by atoms with Crippen LogP contribution in [0.2, 0.25) is 0 Å². The monoisotopic (exact) mass is 291 g/mol. The second-order valence-corrected chi connectivity index (χ2v) is 5.59. The summed E-state index contributed by atoms with van der Waals surface area (Å²) in [5, 5.41) is 10.9. The lowest BCUT2D eigenvalue weighted by Gasteiger charge is -2.08. The van der Waals surface area contributed by atoms with Crippen LogP contribution in [0.3, 0.4) is 0 Å². The molecule has 2 aromatic rings. The van der Waals surface area contributed by atoms with E-state index < -0.39 is 4.92 Å². The summed E-state index contributed by atoms with van der Waals surface area (Å²) in [7, 11) is 0. The van der Waals surface area contributed by atoms with E-state index in [-0.39, 0.29) is 23.8 Å². The van der Waals surface area contributed by atoms with Crippen molar-refractivity contribution in [2.45, 2.75) is 13.8 Å². The molecule has 104 valence electrons. The summed E-state index contributed by atoms with van der Waals surface area (Å²) in [4.78, 5) is 24.0. The fraction of sp³-hybridized carbons (Fsp3) is 0.214. The maximum Gasteiger partial charge on any atom is 0.311 e. The van der Waals surface area contributed by atoms with Crippen molar-refractivity contribution in [2.75, 3.05) is 6.61 Å². The standard InChI is InChI=1S/C14H13NO4S/c1-9-4-3-5-11(15(17)18)14(9)19-8-12(16)13-7-6-10(2)20-13/h3-7H,8H2,1-2H3. The molecule has 6 heteroatoms. The normalized spacial score (nSPS) is 10.3. The lowest BCUT2D eigenvalue weighted by molar-refractivity contribution is -0.385. The average Bonchev–Trinajstić information content (AvgIpc) is 2.83. The molecule has 0 bridgehead atoms. The van der Waals surface area contributed by atoms with Crippen molar-refractivity contribution in [3.63, 3.8) is 0 Å². The van der Waals surface area contributed by atoms with Crippen LogP contribution in [0.1, 0.15) is 20.1 Å². The maximum absolute atomic E-state index is 11.9. The van der Waals surface area contributed by atoms with Crippen LogP contribution in [-0.2, 0) is 0 Å². The van der Waals surface area contributed by atoms with Crippen LogP contribution < -0.4 is 4.74 Å². The summed E-state index contributed by atoms with van der Waals surface area (Å²) in [6.45, 7) is 3.42. The average molecular weight is 291 g/mol. The van der Waals surface area contributed by atoms with Crippen molar-refractivity contribution in [3.05, 3.63) is 55.8 Å². The molecule has 20 heavy (non-hydrogen) atoms. The minimum atomic E-state index is -0.512. The molecule has 0 saturated heterocycles. The first-order valence-electron chi connectivity index (χ1n) is 5.95. The Hall–Kier alpha value is -2.21. The Labute approximate surface area is 120 Å². The largest absolute Gasteiger partial charge is 0.478 e. The number of Topliss-reactive ketones (excluding diaryl/α,β-unsaturated/α-hetero) is 1. The maximum atomic E-state index is 11.9. The molecule has 0 aliphatic carbocycles. The highest BCUT2D eigenvalue weighted by atomic mass is 32.1. The van der Waals surface area contributed by atoms with Gasteiger partial charge in [0.05, 0.1) is 9.80 Å². The first kappa shape index (κ1) is 14.2. The molecule has 0 N–H and O–H groups in total. The van der Waals surface area contributed by atoms with Gasteiger partial charge in [0.1, 0.15) is 0 Å². The van der Waals surface area contributed by atoms with E-state index >= 15 is 0 Å². The van der Waals surface area contributed by atoms with Gasteiger partial charge >= 0.3 is 5.69 Å². The molecule has 0 aliphatic heterocycles. The van der Waals surface area contributed by atoms with E-state index in [2.05, 4.69) is 0 Å². The van der Waals surface area contributed by atoms with Gasteiger partial charge in [-0.1, -0.05) is 12.1 Å². The van der Waals surface area contributed by atoms with Crippen molar-refractivity contribution < 1.29 is 14.5 Å². The van der Waals surface area contributed by atoms with Crippen molar-refractivity contribution in [2.24, 2.45) is 0 Å². The minimum absolute atomic E-state index is 0.125. The van der Waals surface area contributed by atoms with E-state index in [0.29, 0.717) is 10.4 Å². The first-order chi connectivity index (χ1) is 9.49. The van der Waals surface area contributed by atoms with Crippen LogP contribution in [0.4, 0.5) is 5.69 Å². The van der Waals surface area contributed by atoms with E-state index in [4.69, 9.17) is 4.74 Å². The molecule has 0 saturated carbocycles. The Bertz CT molecular complexity index is 663. The second-order valence-electron chi connectivity index (χ2n) is 4.30. The van der Waals surface area contributed by atoms with Crippen LogP contribution in [0.15, 0.2) is 30.3 Å². The Kier molecular flexibility index (Phi) is 4.14. The molecule has 0 atom stereocenters. The fourth-order valence-corrected chi connectivity index (χ4v) is 2.55. The molecule has 5 nitrogen and oxygen atoms in total. The number of nitro groups is 1. The number of para-hydroxylation sites is 1. The second kappa shape index (κ2) is 5.83. The number of hydrogen-bond acceptors (Lipinski definition) is 5. The molecule has 0 unspecified atom stereocenters.